The molecule has 14 heavy (non-hydrogen) atoms. The van der Waals surface area contributed by atoms with Gasteiger partial charge in [0.05, 0.1) is 19.8 Å². The molecular weight excluding hydrogens is 180 g/mol. The first kappa shape index (κ1) is 11.9. The van der Waals surface area contributed by atoms with E-state index in [9.17, 15) is 0 Å². The molecule has 0 aromatic rings. The van der Waals surface area contributed by atoms with Gasteiger partial charge in [-0.3, -0.25) is 0 Å². The highest BCUT2D eigenvalue weighted by Crippen LogP contribution is 2.16. The van der Waals surface area contributed by atoms with Crippen LogP contribution in [0.25, 0.3) is 0 Å². The van der Waals surface area contributed by atoms with Crippen molar-refractivity contribution in [1.82, 2.24) is 5.32 Å². The summed E-state index contributed by atoms with van der Waals surface area (Å²) in [6.07, 6.45) is 4.63. The molecule has 0 bridgehead atoms. The van der Waals surface area contributed by atoms with Crippen LogP contribution >= 0.6 is 0 Å². The number of nitrogens with one attached hydrogen (secondary N) is 1. The lowest BCUT2D eigenvalue weighted by Crippen LogP contribution is -2.38. The summed E-state index contributed by atoms with van der Waals surface area (Å²) in [5.41, 5.74) is 5.81. The van der Waals surface area contributed by atoms with Gasteiger partial charge in [0.2, 0.25) is 0 Å². The van der Waals surface area contributed by atoms with Crippen molar-refractivity contribution in [3.05, 3.63) is 0 Å². The number of rotatable bonds is 6. The Hall–Kier alpha value is -0.160. The molecule has 0 amide bonds. The molecule has 0 aliphatic heterocycles. The molecule has 0 saturated heterocycles. The minimum Gasteiger partial charge on any atom is -0.394 e. The van der Waals surface area contributed by atoms with E-state index in [2.05, 4.69) is 5.32 Å². The largest absolute Gasteiger partial charge is 0.394 e. The van der Waals surface area contributed by atoms with E-state index >= 15 is 0 Å². The Balaban J connectivity index is 1.91. The maximum absolute atomic E-state index is 8.48. The molecule has 4 nitrogen and oxygen atoms in total. The van der Waals surface area contributed by atoms with E-state index in [4.69, 9.17) is 15.6 Å². The van der Waals surface area contributed by atoms with Crippen LogP contribution in [-0.4, -0.2) is 43.6 Å². The first-order valence-electron chi connectivity index (χ1n) is 5.50. The first-order chi connectivity index (χ1) is 6.83. The molecule has 0 unspecified atom stereocenters. The second-order valence-electron chi connectivity index (χ2n) is 3.90. The molecule has 0 aromatic heterocycles. The first-order valence-corrected chi connectivity index (χ1v) is 5.50. The van der Waals surface area contributed by atoms with Gasteiger partial charge in [-0.05, 0) is 25.7 Å². The Morgan fingerprint density at radius 2 is 1.93 bits per heavy atom. The van der Waals surface area contributed by atoms with Crippen molar-refractivity contribution in [3.8, 4) is 0 Å². The maximum Gasteiger partial charge on any atom is 0.0698 e. The van der Waals surface area contributed by atoms with Gasteiger partial charge >= 0.3 is 0 Å². The van der Waals surface area contributed by atoms with E-state index in [-0.39, 0.29) is 6.61 Å². The molecule has 0 heterocycles. The molecule has 4 heteroatoms. The molecule has 1 rings (SSSR count). The summed E-state index contributed by atoms with van der Waals surface area (Å²) in [7, 11) is 0. The Bertz CT molecular complexity index is 136. The molecular formula is C10H22N2O2. The molecule has 0 spiro atoms. The number of hydrogen-bond acceptors (Lipinski definition) is 4. The number of hydrogen-bond donors (Lipinski definition) is 3. The Morgan fingerprint density at radius 3 is 2.57 bits per heavy atom. The van der Waals surface area contributed by atoms with Crippen LogP contribution in [0, 0.1) is 0 Å². The lowest BCUT2D eigenvalue weighted by Gasteiger charge is -2.26. The average Bonchev–Trinajstić information content (AvgIpc) is 2.21. The number of aliphatic hydroxyl groups is 1. The standard InChI is InChI=1S/C10H22N2O2/c11-9-1-3-10(4-2-9)12-5-7-14-8-6-13/h9-10,12-13H,1-8,11H2. The molecule has 0 atom stereocenters. The Morgan fingerprint density at radius 1 is 1.21 bits per heavy atom. The molecule has 0 radical (unpaired) electrons. The summed E-state index contributed by atoms with van der Waals surface area (Å²) in [6, 6.07) is 1.03. The average molecular weight is 202 g/mol. The lowest BCUT2D eigenvalue weighted by molar-refractivity contribution is 0.0916. The van der Waals surface area contributed by atoms with Crippen molar-refractivity contribution >= 4 is 0 Å². The molecule has 1 aliphatic rings. The van der Waals surface area contributed by atoms with Crippen molar-refractivity contribution in [3.63, 3.8) is 0 Å². The van der Waals surface area contributed by atoms with Crippen LogP contribution in [-0.2, 0) is 4.74 Å². The third-order valence-corrected chi connectivity index (χ3v) is 2.69. The fraction of sp³-hybridized carbons (Fsp3) is 1.00. The van der Waals surface area contributed by atoms with Gasteiger partial charge in [0.25, 0.3) is 0 Å². The number of aliphatic hydroxyl groups excluding tert-OH is 1. The van der Waals surface area contributed by atoms with E-state index in [0.29, 0.717) is 25.3 Å². The van der Waals surface area contributed by atoms with Crippen LogP contribution in [0.1, 0.15) is 25.7 Å². The topological polar surface area (TPSA) is 67.5 Å². The monoisotopic (exact) mass is 202 g/mol. The quantitative estimate of drug-likeness (QED) is 0.524. The van der Waals surface area contributed by atoms with Gasteiger partial charge in [0.1, 0.15) is 0 Å². The van der Waals surface area contributed by atoms with Crippen LogP contribution in [0.4, 0.5) is 0 Å². The molecule has 1 aliphatic carbocycles. The smallest absolute Gasteiger partial charge is 0.0698 e. The summed E-state index contributed by atoms with van der Waals surface area (Å²) in [6.45, 7) is 2.11. The summed E-state index contributed by atoms with van der Waals surface area (Å²) in [5.74, 6) is 0. The molecule has 4 N–H and O–H groups in total. The lowest BCUT2D eigenvalue weighted by atomic mass is 9.92. The van der Waals surface area contributed by atoms with E-state index < -0.39 is 0 Å². The highest BCUT2D eigenvalue weighted by molar-refractivity contribution is 4.78. The summed E-state index contributed by atoms with van der Waals surface area (Å²) >= 11 is 0. The van der Waals surface area contributed by atoms with Crippen LogP contribution in [0.15, 0.2) is 0 Å². The van der Waals surface area contributed by atoms with Crippen molar-refractivity contribution in [2.45, 2.75) is 37.8 Å². The van der Waals surface area contributed by atoms with Crippen molar-refractivity contribution < 1.29 is 9.84 Å². The van der Waals surface area contributed by atoms with Gasteiger partial charge in [-0.25, -0.2) is 0 Å². The zero-order valence-electron chi connectivity index (χ0n) is 8.74. The van der Waals surface area contributed by atoms with Gasteiger partial charge in [-0.15, -0.1) is 0 Å². The predicted molar refractivity (Wildman–Crippen MR) is 56.1 cm³/mol. The highest BCUT2D eigenvalue weighted by atomic mass is 16.5. The summed E-state index contributed by atoms with van der Waals surface area (Å²) in [5, 5.41) is 11.9. The van der Waals surface area contributed by atoms with Gasteiger partial charge in [0, 0.05) is 18.6 Å². The fourth-order valence-corrected chi connectivity index (χ4v) is 1.83. The molecule has 1 saturated carbocycles. The zero-order valence-corrected chi connectivity index (χ0v) is 8.74. The van der Waals surface area contributed by atoms with Crippen LogP contribution in [0.3, 0.4) is 0 Å². The number of ether oxygens (including phenoxy) is 1. The zero-order chi connectivity index (χ0) is 10.2. The summed E-state index contributed by atoms with van der Waals surface area (Å²) in [4.78, 5) is 0. The van der Waals surface area contributed by atoms with Gasteiger partial charge in [-0.2, -0.15) is 0 Å². The highest BCUT2D eigenvalue weighted by Gasteiger charge is 2.17. The van der Waals surface area contributed by atoms with Gasteiger partial charge in [-0.1, -0.05) is 0 Å². The Labute approximate surface area is 85.8 Å². The van der Waals surface area contributed by atoms with Gasteiger partial charge < -0.3 is 20.9 Å². The molecule has 0 aromatic carbocycles. The predicted octanol–water partition coefficient (Wildman–Crippen LogP) is -0.145. The Kier molecular flexibility index (Phi) is 6.10. The van der Waals surface area contributed by atoms with Crippen molar-refractivity contribution in [2.24, 2.45) is 5.73 Å². The van der Waals surface area contributed by atoms with Crippen LogP contribution in [0.2, 0.25) is 0 Å². The molecule has 84 valence electrons. The fourth-order valence-electron chi connectivity index (χ4n) is 1.83. The second-order valence-corrected chi connectivity index (χ2v) is 3.90. The van der Waals surface area contributed by atoms with E-state index in [1.807, 2.05) is 0 Å². The number of nitrogens with two attached hydrogens (primary N) is 1. The SMILES string of the molecule is NC1CCC(NCCOCCO)CC1. The third-order valence-electron chi connectivity index (χ3n) is 2.69. The van der Waals surface area contributed by atoms with Crippen LogP contribution in [0.5, 0.6) is 0 Å². The third kappa shape index (κ3) is 4.91. The van der Waals surface area contributed by atoms with Crippen LogP contribution < -0.4 is 11.1 Å². The normalized spacial score (nSPS) is 27.9. The van der Waals surface area contributed by atoms with E-state index in [0.717, 1.165) is 19.4 Å². The second kappa shape index (κ2) is 7.17. The summed E-state index contributed by atoms with van der Waals surface area (Å²) < 4.78 is 5.16. The van der Waals surface area contributed by atoms with Crippen molar-refractivity contribution in [2.75, 3.05) is 26.4 Å². The van der Waals surface area contributed by atoms with E-state index in [1.165, 1.54) is 12.8 Å². The van der Waals surface area contributed by atoms with Crippen molar-refractivity contribution in [1.29, 1.82) is 0 Å². The minimum atomic E-state index is 0.109. The minimum absolute atomic E-state index is 0.109. The maximum atomic E-state index is 8.48. The molecule has 1 fully saturated rings. The van der Waals surface area contributed by atoms with Gasteiger partial charge in [0.15, 0.2) is 0 Å². The van der Waals surface area contributed by atoms with E-state index in [1.54, 1.807) is 0 Å².